The molecule has 27 heavy (non-hydrogen) atoms. The van der Waals surface area contributed by atoms with Crippen molar-refractivity contribution in [2.75, 3.05) is 4.90 Å². The number of nitriles is 1. The summed E-state index contributed by atoms with van der Waals surface area (Å²) >= 11 is 1.53. The summed E-state index contributed by atoms with van der Waals surface area (Å²) in [5.74, 6) is 1.71. The van der Waals surface area contributed by atoms with Gasteiger partial charge in [-0.3, -0.25) is 0 Å². The third-order valence-electron chi connectivity index (χ3n) is 4.16. The highest BCUT2D eigenvalue weighted by Gasteiger charge is 2.22. The van der Waals surface area contributed by atoms with Gasteiger partial charge in [0.2, 0.25) is 17.5 Å². The molecule has 0 saturated heterocycles. The summed E-state index contributed by atoms with van der Waals surface area (Å²) in [6, 6.07) is 18.1. The topological polar surface area (TPSA) is 66.2 Å². The molecule has 4 rings (SSSR count). The second-order valence-corrected chi connectivity index (χ2v) is 7.13. The van der Waals surface area contributed by atoms with E-state index >= 15 is 0 Å². The van der Waals surface area contributed by atoms with E-state index in [1.54, 1.807) is 6.26 Å². The third kappa shape index (κ3) is 3.78. The van der Waals surface area contributed by atoms with Gasteiger partial charge >= 0.3 is 0 Å². The van der Waals surface area contributed by atoms with E-state index in [-0.39, 0.29) is 5.69 Å². The predicted molar refractivity (Wildman–Crippen MR) is 104 cm³/mol. The molecule has 0 fully saturated rings. The number of thiophene rings is 1. The normalized spacial score (nSPS) is 10.7. The van der Waals surface area contributed by atoms with Crippen LogP contribution in [0.2, 0.25) is 0 Å². The van der Waals surface area contributed by atoms with Crippen LogP contribution in [0.25, 0.3) is 10.8 Å². The first kappa shape index (κ1) is 17.1. The average Bonchev–Trinajstić information content (AvgIpc) is 3.43. The number of oxazole rings is 1. The van der Waals surface area contributed by atoms with Crippen LogP contribution in [-0.2, 0) is 13.1 Å². The summed E-state index contributed by atoms with van der Waals surface area (Å²) in [6.45, 7) is 3.12. The molecule has 0 aliphatic heterocycles. The van der Waals surface area contributed by atoms with Crippen molar-refractivity contribution in [2.24, 2.45) is 0 Å². The second kappa shape index (κ2) is 7.52. The lowest BCUT2D eigenvalue weighted by Crippen LogP contribution is -2.22. The highest BCUT2D eigenvalue weighted by Crippen LogP contribution is 2.32. The molecule has 0 atom stereocenters. The van der Waals surface area contributed by atoms with Crippen molar-refractivity contribution in [3.63, 3.8) is 0 Å². The molecule has 0 radical (unpaired) electrons. The van der Waals surface area contributed by atoms with Crippen LogP contribution in [0.5, 0.6) is 0 Å². The predicted octanol–water partition coefficient (Wildman–Crippen LogP) is 5.38. The van der Waals surface area contributed by atoms with E-state index in [9.17, 15) is 5.26 Å². The van der Waals surface area contributed by atoms with Gasteiger partial charge in [0.25, 0.3) is 0 Å². The maximum atomic E-state index is 9.59. The van der Waals surface area contributed by atoms with Crippen molar-refractivity contribution in [3.8, 4) is 16.8 Å². The molecule has 0 unspecified atom stereocenters. The van der Waals surface area contributed by atoms with Crippen molar-refractivity contribution >= 4 is 17.2 Å². The molecule has 6 heteroatoms. The summed E-state index contributed by atoms with van der Waals surface area (Å²) < 4.78 is 11.5. The van der Waals surface area contributed by atoms with E-state index in [2.05, 4.69) is 42.2 Å². The molecule has 0 amide bonds. The summed E-state index contributed by atoms with van der Waals surface area (Å²) in [5.41, 5.74) is 2.59. The number of benzene rings is 1. The highest BCUT2D eigenvalue weighted by molar-refractivity contribution is 7.13. The molecule has 0 spiro atoms. The monoisotopic (exact) mass is 375 g/mol. The molecule has 5 nitrogen and oxygen atoms in total. The van der Waals surface area contributed by atoms with Gasteiger partial charge in [0.1, 0.15) is 11.8 Å². The third-order valence-corrected chi connectivity index (χ3v) is 5.01. The summed E-state index contributed by atoms with van der Waals surface area (Å²) in [6.07, 6.45) is 1.64. The smallest absolute Gasteiger partial charge is 0.240 e. The van der Waals surface area contributed by atoms with Crippen molar-refractivity contribution < 1.29 is 8.83 Å². The largest absolute Gasteiger partial charge is 0.467 e. The number of nitrogens with zero attached hydrogens (tertiary/aromatic N) is 3. The zero-order valence-corrected chi connectivity index (χ0v) is 15.6. The fourth-order valence-electron chi connectivity index (χ4n) is 2.81. The molecule has 0 N–H and O–H groups in total. The molecule has 0 bridgehead atoms. The van der Waals surface area contributed by atoms with Crippen molar-refractivity contribution in [1.29, 1.82) is 5.26 Å². The zero-order chi connectivity index (χ0) is 18.6. The highest BCUT2D eigenvalue weighted by atomic mass is 32.1. The Morgan fingerprint density at radius 1 is 1.11 bits per heavy atom. The minimum atomic E-state index is 0.275. The molecular weight excluding hydrogens is 358 g/mol. The second-order valence-electron chi connectivity index (χ2n) is 6.18. The minimum absolute atomic E-state index is 0.275. The van der Waals surface area contributed by atoms with E-state index in [0.29, 0.717) is 24.9 Å². The Hall–Kier alpha value is -3.30. The van der Waals surface area contributed by atoms with Gasteiger partial charge in [0.05, 0.1) is 17.7 Å². The Labute approximate surface area is 161 Å². The standard InChI is InChI=1S/C21H17N3O2S/c1-15-6-8-16(9-7-15)13-24(14-17-4-2-10-25-17)21-18(12-22)23-20(26-21)19-5-3-11-27-19/h2-11H,13-14H2,1H3. The van der Waals surface area contributed by atoms with Crippen LogP contribution in [0.4, 0.5) is 5.88 Å². The van der Waals surface area contributed by atoms with Crippen LogP contribution in [0, 0.1) is 18.3 Å². The number of hydrogen-bond acceptors (Lipinski definition) is 6. The molecule has 3 heterocycles. The van der Waals surface area contributed by atoms with E-state index < -0.39 is 0 Å². The van der Waals surface area contributed by atoms with Crippen LogP contribution in [0.3, 0.4) is 0 Å². The Bertz CT molecular complexity index is 1040. The van der Waals surface area contributed by atoms with Gasteiger partial charge < -0.3 is 13.7 Å². The molecule has 0 aliphatic rings. The Morgan fingerprint density at radius 2 is 1.96 bits per heavy atom. The minimum Gasteiger partial charge on any atom is -0.467 e. The average molecular weight is 375 g/mol. The van der Waals surface area contributed by atoms with E-state index in [1.807, 2.05) is 34.5 Å². The number of aromatic nitrogens is 1. The van der Waals surface area contributed by atoms with Gasteiger partial charge in [-0.15, -0.1) is 11.3 Å². The van der Waals surface area contributed by atoms with Gasteiger partial charge in [-0.05, 0) is 36.1 Å². The van der Waals surface area contributed by atoms with E-state index in [1.165, 1.54) is 16.9 Å². The van der Waals surface area contributed by atoms with Gasteiger partial charge in [-0.2, -0.15) is 10.2 Å². The molecule has 4 aromatic rings. The number of rotatable bonds is 6. The lowest BCUT2D eigenvalue weighted by atomic mass is 10.1. The quantitative estimate of drug-likeness (QED) is 0.452. The van der Waals surface area contributed by atoms with Crippen molar-refractivity contribution in [3.05, 3.63) is 82.8 Å². The summed E-state index contributed by atoms with van der Waals surface area (Å²) in [5, 5.41) is 11.5. The Balaban J connectivity index is 1.71. The maximum Gasteiger partial charge on any atom is 0.240 e. The fraction of sp³-hybridized carbons (Fsp3) is 0.143. The molecule has 0 saturated carbocycles. The van der Waals surface area contributed by atoms with Crippen LogP contribution in [0.1, 0.15) is 22.6 Å². The SMILES string of the molecule is Cc1ccc(CN(Cc2ccco2)c2oc(-c3cccs3)nc2C#N)cc1. The van der Waals surface area contributed by atoms with Gasteiger partial charge in [0, 0.05) is 6.54 Å². The molecule has 3 aromatic heterocycles. The first-order valence-electron chi connectivity index (χ1n) is 8.50. The number of hydrogen-bond donors (Lipinski definition) is 0. The van der Waals surface area contributed by atoms with Crippen molar-refractivity contribution in [2.45, 2.75) is 20.0 Å². The van der Waals surface area contributed by atoms with Crippen LogP contribution < -0.4 is 4.90 Å². The lowest BCUT2D eigenvalue weighted by molar-refractivity contribution is 0.483. The first-order valence-corrected chi connectivity index (χ1v) is 9.38. The summed E-state index contributed by atoms with van der Waals surface area (Å²) in [7, 11) is 0. The lowest BCUT2D eigenvalue weighted by Gasteiger charge is -2.21. The van der Waals surface area contributed by atoms with E-state index in [0.717, 1.165) is 16.2 Å². The first-order chi connectivity index (χ1) is 13.2. The number of anilines is 1. The van der Waals surface area contributed by atoms with Crippen molar-refractivity contribution in [1.82, 2.24) is 4.98 Å². The summed E-state index contributed by atoms with van der Waals surface area (Å²) in [4.78, 5) is 7.26. The van der Waals surface area contributed by atoms with Gasteiger partial charge in [0.15, 0.2) is 0 Å². The van der Waals surface area contributed by atoms with E-state index in [4.69, 9.17) is 8.83 Å². The van der Waals surface area contributed by atoms with Crippen LogP contribution >= 0.6 is 11.3 Å². The maximum absolute atomic E-state index is 9.59. The fourth-order valence-corrected chi connectivity index (χ4v) is 3.46. The molecule has 0 aliphatic carbocycles. The Morgan fingerprint density at radius 3 is 2.63 bits per heavy atom. The zero-order valence-electron chi connectivity index (χ0n) is 14.8. The van der Waals surface area contributed by atoms with Gasteiger partial charge in [-0.25, -0.2) is 0 Å². The van der Waals surface area contributed by atoms with Crippen LogP contribution in [0.15, 0.2) is 69.0 Å². The molecule has 134 valence electrons. The molecule has 1 aromatic carbocycles. The Kier molecular flexibility index (Phi) is 4.77. The van der Waals surface area contributed by atoms with Crippen LogP contribution in [-0.4, -0.2) is 4.98 Å². The number of aryl methyl sites for hydroxylation is 1. The molecular formula is C21H17N3O2S. The van der Waals surface area contributed by atoms with Gasteiger partial charge in [-0.1, -0.05) is 35.9 Å². The number of furan rings is 1.